The molecule has 4 rings (SSSR count). The highest BCUT2D eigenvalue weighted by Gasteiger charge is 2.53. The third-order valence-electron chi connectivity index (χ3n) is 15.0. The molecule has 3 fully saturated rings. The molecule has 0 radical (unpaired) electrons. The Labute approximate surface area is 472 Å². The summed E-state index contributed by atoms with van der Waals surface area (Å²) in [4.78, 5) is 26.6. The van der Waals surface area contributed by atoms with Crippen LogP contribution in [-0.2, 0) is 33.3 Å². The number of amides is 1. The summed E-state index contributed by atoms with van der Waals surface area (Å²) < 4.78 is 29.1. The number of hydrogen-bond acceptors (Lipinski definition) is 24. The molecule has 25 nitrogen and oxygen atoms in total. The zero-order valence-corrected chi connectivity index (χ0v) is 46.3. The highest BCUT2D eigenvalue weighted by atomic mass is 16.7. The van der Waals surface area contributed by atoms with E-state index in [1.807, 2.05) is 6.92 Å². The summed E-state index contributed by atoms with van der Waals surface area (Å²) in [6.45, 7) is 4.17. The fourth-order valence-corrected chi connectivity index (χ4v) is 9.91. The van der Waals surface area contributed by atoms with E-state index in [1.165, 1.54) is 19.1 Å². The number of esters is 1. The maximum atomic E-state index is 13.8. The number of allylic oxidation sites excluding steroid dienone is 12. The quantitative estimate of drug-likeness (QED) is 0.0998. The van der Waals surface area contributed by atoms with Gasteiger partial charge >= 0.3 is 5.97 Å². The number of aliphatic hydroxyl groups is 16. The largest absolute Gasteiger partial charge is 0.462 e. The summed E-state index contributed by atoms with van der Waals surface area (Å²) in [6.07, 6.45) is -6.03. The molecule has 4 unspecified atom stereocenters. The van der Waals surface area contributed by atoms with Gasteiger partial charge in [0.05, 0.1) is 111 Å². The zero-order valence-electron chi connectivity index (χ0n) is 46.3. The van der Waals surface area contributed by atoms with E-state index in [4.69, 9.17) is 23.7 Å². The van der Waals surface area contributed by atoms with Crippen molar-refractivity contribution in [2.75, 3.05) is 26.3 Å². The summed E-state index contributed by atoms with van der Waals surface area (Å²) in [5, 5.41) is 178. The van der Waals surface area contributed by atoms with Crippen LogP contribution < -0.4 is 10.6 Å². The molecule has 4 aliphatic heterocycles. The van der Waals surface area contributed by atoms with Gasteiger partial charge in [0.15, 0.2) is 12.1 Å². The Morgan fingerprint density at radius 2 is 1.28 bits per heavy atom. The molecule has 2 bridgehead atoms. The molecule has 0 aliphatic carbocycles. The minimum atomic E-state index is -2.49. The molecule has 25 heteroatoms. The maximum absolute atomic E-state index is 13.8. The van der Waals surface area contributed by atoms with Gasteiger partial charge in [-0.3, -0.25) is 9.59 Å². The first-order chi connectivity index (χ1) is 38.2. The number of cyclic esters (lactones) is 1. The first kappa shape index (κ1) is 69.8. The maximum Gasteiger partial charge on any atom is 0.308 e. The van der Waals surface area contributed by atoms with Crippen LogP contribution in [0.25, 0.3) is 0 Å². The summed E-state index contributed by atoms with van der Waals surface area (Å²) in [5.41, 5.74) is 0. The van der Waals surface area contributed by atoms with Crippen molar-refractivity contribution in [3.63, 3.8) is 0 Å². The molecule has 0 spiro atoms. The molecule has 462 valence electrons. The predicted molar refractivity (Wildman–Crippen MR) is 288 cm³/mol. The lowest BCUT2D eigenvalue weighted by Gasteiger charge is -2.47. The van der Waals surface area contributed by atoms with Gasteiger partial charge in [-0.15, -0.1) is 0 Å². The number of carbonyl (C=O) groups excluding carboxylic acids is 2. The molecule has 4 aliphatic rings. The van der Waals surface area contributed by atoms with Crippen LogP contribution in [0.2, 0.25) is 0 Å². The van der Waals surface area contributed by atoms with E-state index in [0.717, 1.165) is 0 Å². The van der Waals surface area contributed by atoms with Crippen LogP contribution in [0.4, 0.5) is 0 Å². The van der Waals surface area contributed by atoms with Crippen molar-refractivity contribution in [3.05, 3.63) is 85.1 Å². The Morgan fingerprint density at radius 1 is 0.679 bits per heavy atom. The first-order valence-corrected chi connectivity index (χ1v) is 27.6. The third-order valence-corrected chi connectivity index (χ3v) is 15.0. The SMILES string of the molecule is CC1[C@H](C)OC(=O)C[C@H](O)C[C@H](O)CC[C@H](O)[C@H](O)C[C@H](O)C[C@]2(O)C[C@H](O)C(C(=O)NCC(O)CO)C(C[C@@H](O[C@@H]3O[C@H](C)[C@@H](O)[C@H](NC[C@@]4(O)OC[C@@H](O)[C@@H](O)[C@@H]4O)[C@@H]3O)/C=C/C=C/C=C/C=C/C=C/C=C/C=C\[C@H](C)[C@H]1O)O2. The number of fused-ring (bicyclic) bond motifs is 2. The van der Waals surface area contributed by atoms with Crippen molar-refractivity contribution < 1.29 is 115 Å². The van der Waals surface area contributed by atoms with Gasteiger partial charge in [0, 0.05) is 44.1 Å². The van der Waals surface area contributed by atoms with E-state index in [-0.39, 0.29) is 25.2 Å². The summed E-state index contributed by atoms with van der Waals surface area (Å²) in [7, 11) is 0. The Hall–Kier alpha value is -3.72. The molecule has 3 saturated heterocycles. The van der Waals surface area contributed by atoms with Gasteiger partial charge in [0.1, 0.15) is 30.5 Å². The lowest BCUT2D eigenvalue weighted by Crippen LogP contribution is -2.69. The molecular weight excluding hydrogens is 1070 g/mol. The van der Waals surface area contributed by atoms with E-state index in [2.05, 4.69) is 10.6 Å². The van der Waals surface area contributed by atoms with Gasteiger partial charge in [-0.2, -0.15) is 0 Å². The molecule has 18 N–H and O–H groups in total. The molecule has 81 heavy (non-hydrogen) atoms. The van der Waals surface area contributed by atoms with Crippen LogP contribution in [-0.4, -0.2) is 248 Å². The average Bonchev–Trinajstić information content (AvgIpc) is 3.53. The van der Waals surface area contributed by atoms with Crippen LogP contribution in [0, 0.1) is 17.8 Å². The van der Waals surface area contributed by atoms with Crippen LogP contribution in [0.15, 0.2) is 85.1 Å². The Balaban J connectivity index is 1.65. The van der Waals surface area contributed by atoms with Gasteiger partial charge in [0.2, 0.25) is 11.7 Å². The second kappa shape index (κ2) is 33.7. The molecule has 0 aromatic heterocycles. The third kappa shape index (κ3) is 22.0. The Bertz CT molecular complexity index is 2110. The summed E-state index contributed by atoms with van der Waals surface area (Å²) in [6, 6.07) is -1.38. The molecule has 0 aromatic carbocycles. The van der Waals surface area contributed by atoms with Crippen molar-refractivity contribution in [1.29, 1.82) is 0 Å². The molecule has 0 aromatic rings. The van der Waals surface area contributed by atoms with Gasteiger partial charge in [0.25, 0.3) is 0 Å². The Morgan fingerprint density at radius 3 is 1.90 bits per heavy atom. The highest BCUT2D eigenvalue weighted by Crippen LogP contribution is 2.38. The molecule has 4 heterocycles. The van der Waals surface area contributed by atoms with E-state index in [1.54, 1.807) is 86.8 Å². The van der Waals surface area contributed by atoms with Crippen LogP contribution in [0.5, 0.6) is 0 Å². The number of nitrogens with one attached hydrogen (secondary N) is 2. The van der Waals surface area contributed by atoms with Gasteiger partial charge < -0.3 is 116 Å². The molecular formula is C56H90N2O23. The van der Waals surface area contributed by atoms with Gasteiger partial charge in [-0.25, -0.2) is 0 Å². The molecule has 24 atom stereocenters. The standard InChI is InChI=1S/C56H90N2O23/c1-31-17-15-13-11-9-7-5-6-8-10-12-14-16-18-39(80-54-51(72)47(49(70)34(4)79-54)58-30-56(76)52(73)50(71)43(67)29-77-56)24-44-46(53(74)57-27-38(63)28-59)42(66)26-55(75,81-44)25-37(62)22-41(65)40(64)20-19-35(60)21-36(61)23-45(68)78-33(3)32(2)48(31)69/h5-18,31-44,46-52,54,58-67,69-73,75-76H,19-30H2,1-4H3,(H,57,74)/b6-5+,9-7+,10-8+,13-11+,14-12+,17-15-,18-16+/t31-,32?,33-,34+,35+,36+,37-,38?,39-,40-,41+,42-,43+,44?,46?,47-,48+,49+,50+,51-,52-,54-,55+,56+/m0/s1. The zero-order chi connectivity index (χ0) is 60.2. The van der Waals surface area contributed by atoms with Crippen molar-refractivity contribution in [2.45, 2.75) is 207 Å². The minimum Gasteiger partial charge on any atom is -0.462 e. The lowest BCUT2D eigenvalue weighted by molar-refractivity contribution is -0.323. The van der Waals surface area contributed by atoms with Crippen LogP contribution in [0.3, 0.4) is 0 Å². The van der Waals surface area contributed by atoms with Crippen molar-refractivity contribution in [1.82, 2.24) is 10.6 Å². The lowest BCUT2D eigenvalue weighted by atomic mass is 9.82. The fourth-order valence-electron chi connectivity index (χ4n) is 9.91. The molecule has 0 saturated carbocycles. The van der Waals surface area contributed by atoms with Crippen LogP contribution >= 0.6 is 0 Å². The fraction of sp³-hybridized carbons (Fsp3) is 0.714. The topological polar surface area (TPSA) is 428 Å². The van der Waals surface area contributed by atoms with E-state index >= 15 is 0 Å². The summed E-state index contributed by atoms with van der Waals surface area (Å²) in [5.74, 6) is -8.93. The number of aliphatic hydroxyl groups excluding tert-OH is 14. The van der Waals surface area contributed by atoms with E-state index in [0.29, 0.717) is 0 Å². The number of carbonyl (C=O) groups is 2. The monoisotopic (exact) mass is 1160 g/mol. The summed E-state index contributed by atoms with van der Waals surface area (Å²) >= 11 is 0. The Kier molecular flexibility index (Phi) is 29.0. The normalized spacial score (nSPS) is 45.0. The number of hydrogen-bond donors (Lipinski definition) is 18. The van der Waals surface area contributed by atoms with E-state index in [9.17, 15) is 91.3 Å². The van der Waals surface area contributed by atoms with Crippen LogP contribution in [0.1, 0.15) is 79.1 Å². The highest BCUT2D eigenvalue weighted by molar-refractivity contribution is 5.80. The smallest absolute Gasteiger partial charge is 0.308 e. The van der Waals surface area contributed by atoms with Crippen molar-refractivity contribution >= 4 is 11.9 Å². The molecule has 1 amide bonds. The minimum absolute atomic E-state index is 0.156. The van der Waals surface area contributed by atoms with Gasteiger partial charge in [-0.05, 0) is 33.1 Å². The van der Waals surface area contributed by atoms with Crippen molar-refractivity contribution in [3.8, 4) is 0 Å². The first-order valence-electron chi connectivity index (χ1n) is 27.6. The van der Waals surface area contributed by atoms with Gasteiger partial charge in [-0.1, -0.05) is 98.9 Å². The second-order valence-corrected chi connectivity index (χ2v) is 21.8. The number of ether oxygens (including phenoxy) is 5. The predicted octanol–water partition coefficient (Wildman–Crippen LogP) is -3.47. The average molecular weight is 1160 g/mol. The van der Waals surface area contributed by atoms with E-state index < -0.39 is 210 Å². The number of rotatable bonds is 9. The second-order valence-electron chi connectivity index (χ2n) is 21.8. The van der Waals surface area contributed by atoms with Crippen molar-refractivity contribution in [2.24, 2.45) is 17.8 Å².